The van der Waals surface area contributed by atoms with Gasteiger partial charge < -0.3 is 5.32 Å². The quantitative estimate of drug-likeness (QED) is 0.366. The molecule has 1 N–H and O–H groups in total. The van der Waals surface area contributed by atoms with Crippen LogP contribution in [0.3, 0.4) is 0 Å². The van der Waals surface area contributed by atoms with Crippen molar-refractivity contribution in [3.8, 4) is 0 Å². The fourth-order valence-electron chi connectivity index (χ4n) is 4.84. The van der Waals surface area contributed by atoms with Crippen molar-refractivity contribution in [1.29, 1.82) is 0 Å². The molecule has 0 bridgehead atoms. The van der Waals surface area contributed by atoms with Crippen molar-refractivity contribution >= 4 is 63.5 Å². The number of carbonyl (C=O) groups is 3. The Labute approximate surface area is 224 Å². The molecule has 6 rings (SSSR count). The van der Waals surface area contributed by atoms with E-state index in [1.54, 1.807) is 24.3 Å². The van der Waals surface area contributed by atoms with Crippen LogP contribution in [0.25, 0.3) is 0 Å². The van der Waals surface area contributed by atoms with Crippen molar-refractivity contribution in [2.75, 3.05) is 10.2 Å². The number of aryl methyl sites for hydroxylation is 1. The van der Waals surface area contributed by atoms with Gasteiger partial charge in [0.25, 0.3) is 0 Å². The second-order valence-electron chi connectivity index (χ2n) is 8.94. The molecule has 2 aliphatic heterocycles. The van der Waals surface area contributed by atoms with Crippen LogP contribution < -0.4 is 15.1 Å². The topological polar surface area (TPSA) is 88.5 Å². The average molecular weight is 548 g/mol. The highest BCUT2D eigenvalue weighted by molar-refractivity contribution is 8.00. The lowest BCUT2D eigenvalue weighted by Gasteiger charge is -2.29. The third kappa shape index (κ3) is 4.14. The van der Waals surface area contributed by atoms with E-state index in [1.165, 1.54) is 32.6 Å². The van der Waals surface area contributed by atoms with Crippen LogP contribution in [0, 0.1) is 12.8 Å². The van der Waals surface area contributed by atoms with Gasteiger partial charge >= 0.3 is 4.87 Å². The molecule has 0 saturated carbocycles. The second-order valence-corrected chi connectivity index (χ2v) is 12.0. The van der Waals surface area contributed by atoms with Gasteiger partial charge in [0.05, 0.1) is 16.6 Å². The van der Waals surface area contributed by atoms with Gasteiger partial charge in [-0.1, -0.05) is 65.1 Å². The van der Waals surface area contributed by atoms with Gasteiger partial charge in [-0.15, -0.1) is 11.3 Å². The number of thiophene rings is 1. The maximum absolute atomic E-state index is 13.7. The number of rotatable bonds is 5. The van der Waals surface area contributed by atoms with E-state index < -0.39 is 17.1 Å². The standard InChI is InChI=1S/C27H21N3O4S3/c1-15-9-11-16(12-10-15)28-19(31)14-29-26-23(37-27(29)34)20(18-8-5-13-35-18)21-22(36-26)25(33)30(24(21)32)17-6-3-2-4-7-17/h2-13,20-22H,14H2,1H3,(H,28,31)/t20-,21?,22?/m1/s1. The highest BCUT2D eigenvalue weighted by Crippen LogP contribution is 2.54. The summed E-state index contributed by atoms with van der Waals surface area (Å²) in [5.41, 5.74) is 2.26. The van der Waals surface area contributed by atoms with Crippen molar-refractivity contribution in [3.63, 3.8) is 0 Å². The van der Waals surface area contributed by atoms with Gasteiger partial charge in [-0.25, -0.2) is 4.90 Å². The van der Waals surface area contributed by atoms with Crippen LogP contribution in [-0.2, 0) is 20.9 Å². The molecule has 2 aromatic carbocycles. The number of fused-ring (bicyclic) bond motifs is 2. The van der Waals surface area contributed by atoms with Crippen LogP contribution in [0.5, 0.6) is 0 Å². The average Bonchev–Trinajstić information content (AvgIpc) is 3.59. The lowest BCUT2D eigenvalue weighted by Crippen LogP contribution is -2.32. The van der Waals surface area contributed by atoms with Crippen molar-refractivity contribution in [2.45, 2.75) is 29.7 Å². The van der Waals surface area contributed by atoms with Crippen LogP contribution in [0.15, 0.2) is 81.9 Å². The smallest absolute Gasteiger partial charge is 0.308 e. The molecular weight excluding hydrogens is 527 g/mol. The van der Waals surface area contributed by atoms with Crippen molar-refractivity contribution in [1.82, 2.24) is 4.57 Å². The number of thioether (sulfide) groups is 1. The number of hydrogen-bond donors (Lipinski definition) is 1. The Bertz CT molecular complexity index is 1560. The first-order valence-electron chi connectivity index (χ1n) is 11.7. The number of nitrogens with one attached hydrogen (secondary N) is 1. The molecule has 1 fully saturated rings. The molecule has 2 aliphatic rings. The van der Waals surface area contributed by atoms with E-state index in [0.717, 1.165) is 26.7 Å². The van der Waals surface area contributed by atoms with Crippen LogP contribution in [-0.4, -0.2) is 27.5 Å². The maximum atomic E-state index is 13.7. The largest absolute Gasteiger partial charge is 0.325 e. The van der Waals surface area contributed by atoms with Gasteiger partial charge in [0.15, 0.2) is 0 Å². The Balaban J connectivity index is 1.38. The van der Waals surface area contributed by atoms with E-state index in [2.05, 4.69) is 5.32 Å². The Hall–Kier alpha value is -3.47. The number of thiazole rings is 1. The van der Waals surface area contributed by atoms with Crippen LogP contribution in [0.1, 0.15) is 21.2 Å². The zero-order valence-electron chi connectivity index (χ0n) is 19.6. The zero-order chi connectivity index (χ0) is 25.7. The van der Waals surface area contributed by atoms with Gasteiger partial charge in [0.2, 0.25) is 17.7 Å². The number of anilines is 2. The minimum Gasteiger partial charge on any atom is -0.325 e. The van der Waals surface area contributed by atoms with E-state index >= 15 is 0 Å². The van der Waals surface area contributed by atoms with E-state index in [-0.39, 0.29) is 29.1 Å². The van der Waals surface area contributed by atoms with Crippen molar-refractivity contribution in [2.24, 2.45) is 5.92 Å². The molecule has 3 atom stereocenters. The first-order valence-corrected chi connectivity index (χ1v) is 14.2. The summed E-state index contributed by atoms with van der Waals surface area (Å²) in [6.07, 6.45) is 0. The zero-order valence-corrected chi connectivity index (χ0v) is 22.1. The number of amides is 3. The van der Waals surface area contributed by atoms with Crippen molar-refractivity contribution in [3.05, 3.63) is 97.1 Å². The van der Waals surface area contributed by atoms with Crippen molar-refractivity contribution < 1.29 is 14.4 Å². The fraction of sp³-hybridized carbons (Fsp3) is 0.185. The minimum atomic E-state index is -0.687. The SMILES string of the molecule is Cc1ccc(NC(=O)Cn2c3c(sc2=O)[C@H](c2cccs2)C2C(=O)N(c4ccccc4)C(=O)C2S3)cc1. The molecule has 0 aliphatic carbocycles. The number of imide groups is 1. The minimum absolute atomic E-state index is 0.176. The Morgan fingerprint density at radius 2 is 1.70 bits per heavy atom. The lowest BCUT2D eigenvalue weighted by atomic mass is 9.87. The number of aromatic nitrogens is 1. The van der Waals surface area contributed by atoms with Gasteiger partial charge in [-0.2, -0.15) is 0 Å². The number of para-hydroxylation sites is 1. The summed E-state index contributed by atoms with van der Waals surface area (Å²) in [6.45, 7) is 1.79. The van der Waals surface area contributed by atoms with Crippen LogP contribution in [0.4, 0.5) is 11.4 Å². The fourth-order valence-corrected chi connectivity index (χ4v) is 8.56. The first-order chi connectivity index (χ1) is 17.9. The maximum Gasteiger partial charge on any atom is 0.308 e. The molecular formula is C27H21N3O4S3. The molecule has 37 heavy (non-hydrogen) atoms. The monoisotopic (exact) mass is 547 g/mol. The predicted molar refractivity (Wildman–Crippen MR) is 147 cm³/mol. The Kier molecular flexibility index (Phi) is 6.10. The number of benzene rings is 2. The lowest BCUT2D eigenvalue weighted by molar-refractivity contribution is -0.122. The summed E-state index contributed by atoms with van der Waals surface area (Å²) in [6, 6.07) is 20.2. The third-order valence-corrected chi connectivity index (χ3v) is 10.1. The van der Waals surface area contributed by atoms with E-state index in [4.69, 9.17) is 0 Å². The predicted octanol–water partition coefficient (Wildman–Crippen LogP) is 4.71. The molecule has 0 radical (unpaired) electrons. The van der Waals surface area contributed by atoms with Gasteiger partial charge in [0, 0.05) is 21.4 Å². The van der Waals surface area contributed by atoms with Crippen LogP contribution in [0.2, 0.25) is 0 Å². The summed E-state index contributed by atoms with van der Waals surface area (Å²) >= 11 is 3.78. The highest BCUT2D eigenvalue weighted by atomic mass is 32.2. The Morgan fingerprint density at radius 3 is 2.41 bits per heavy atom. The molecule has 3 amide bonds. The third-order valence-electron chi connectivity index (χ3n) is 6.55. The molecule has 2 aromatic heterocycles. The number of carbonyl (C=O) groups excluding carboxylic acids is 3. The molecule has 2 unspecified atom stereocenters. The highest BCUT2D eigenvalue weighted by Gasteiger charge is 2.57. The van der Waals surface area contributed by atoms with Crippen LogP contribution >= 0.6 is 34.4 Å². The summed E-state index contributed by atoms with van der Waals surface area (Å²) in [7, 11) is 0. The molecule has 0 spiro atoms. The number of nitrogens with zero attached hydrogens (tertiary/aromatic N) is 2. The summed E-state index contributed by atoms with van der Waals surface area (Å²) < 4.78 is 1.44. The first kappa shape index (κ1) is 23.9. The second kappa shape index (κ2) is 9.44. The van der Waals surface area contributed by atoms with E-state index in [9.17, 15) is 19.2 Å². The van der Waals surface area contributed by atoms with E-state index in [0.29, 0.717) is 16.4 Å². The summed E-state index contributed by atoms with van der Waals surface area (Å²) in [4.78, 5) is 56.0. The molecule has 10 heteroatoms. The van der Waals surface area contributed by atoms with Gasteiger partial charge in [-0.3, -0.25) is 23.7 Å². The van der Waals surface area contributed by atoms with Gasteiger partial charge in [0.1, 0.15) is 11.8 Å². The molecule has 1 saturated heterocycles. The summed E-state index contributed by atoms with van der Waals surface area (Å²) in [5.74, 6) is -1.95. The number of hydrogen-bond acceptors (Lipinski definition) is 7. The molecule has 4 heterocycles. The normalized spacial score (nSPS) is 20.6. The van der Waals surface area contributed by atoms with Gasteiger partial charge in [-0.05, 0) is 42.6 Å². The van der Waals surface area contributed by atoms with E-state index in [1.807, 2.05) is 54.8 Å². The molecule has 4 aromatic rings. The Morgan fingerprint density at radius 1 is 0.946 bits per heavy atom. The summed E-state index contributed by atoms with van der Waals surface area (Å²) in [5, 5.41) is 4.67. The molecule has 7 nitrogen and oxygen atoms in total. The molecule has 186 valence electrons.